The van der Waals surface area contributed by atoms with Crippen LogP contribution in [0.25, 0.3) is 10.9 Å². The Morgan fingerprint density at radius 2 is 1.94 bits per heavy atom. The molecule has 0 aliphatic carbocycles. The van der Waals surface area contributed by atoms with Crippen LogP contribution in [-0.4, -0.2) is 4.98 Å². The van der Waals surface area contributed by atoms with Gasteiger partial charge in [-0.1, -0.05) is 35.6 Å². The van der Waals surface area contributed by atoms with Crippen LogP contribution in [0, 0.1) is 0 Å². The number of benzene rings is 1. The van der Waals surface area contributed by atoms with Gasteiger partial charge in [-0.05, 0) is 12.1 Å². The van der Waals surface area contributed by atoms with E-state index in [9.17, 15) is 0 Å². The fourth-order valence-electron chi connectivity index (χ4n) is 1.31. The molecule has 0 atom stereocenters. The molecule has 0 saturated heterocycles. The van der Waals surface area contributed by atoms with E-state index in [1.54, 1.807) is 11.3 Å². The molecule has 0 spiro atoms. The van der Waals surface area contributed by atoms with Crippen LogP contribution in [0.5, 0.6) is 0 Å². The number of fused-ring (bicyclic) bond motifs is 1. The Labute approximate surface area is 98.8 Å². The number of thiazole rings is 1. The molecule has 2 nitrogen and oxygen atoms in total. The Hall–Kier alpha value is -1.74. The predicted molar refractivity (Wildman–Crippen MR) is 67.2 cm³/mol. The first-order chi connectivity index (χ1) is 7.86. The minimum atomic E-state index is 1.06. The summed E-state index contributed by atoms with van der Waals surface area (Å²) in [5.74, 6) is 0. The first-order valence-corrected chi connectivity index (χ1v) is 5.98. The Balaban J connectivity index is 0.000000138. The first-order valence-electron chi connectivity index (χ1n) is 5.03. The third-order valence-corrected chi connectivity index (χ3v) is 2.85. The maximum atomic E-state index is 4.18. The largest absolute Gasteiger partial charge is 0.256 e. The average Bonchev–Trinajstić information content (AvgIpc) is 2.81. The maximum absolute atomic E-state index is 4.18. The number of hydrogen-bond acceptors (Lipinski definition) is 2. The lowest BCUT2D eigenvalue weighted by atomic mass is 10.2. The molecule has 0 bridgehead atoms. The molecule has 0 unspecified atom stereocenters. The van der Waals surface area contributed by atoms with Crippen LogP contribution in [0.2, 0.25) is 0 Å². The van der Waals surface area contributed by atoms with Gasteiger partial charge in [-0.25, -0.2) is 0 Å². The average molecular weight is 229 g/mol. The highest BCUT2D eigenvalue weighted by Crippen LogP contribution is 2.07. The number of hydrogen-bond donors (Lipinski definition) is 0. The van der Waals surface area contributed by atoms with Crippen LogP contribution < -0.4 is 4.57 Å². The van der Waals surface area contributed by atoms with E-state index in [-0.39, 0.29) is 0 Å². The standard InChI is InChI=1S/C9H7N.C4H6NS/c1-2-6-9-8(4-1)5-3-7-10-9;1-5-2-3-6-4-5/h1-7H;2-4H,1H3/q;+1. The molecule has 0 N–H and O–H groups in total. The second-order valence-corrected chi connectivity index (χ2v) is 4.14. The highest BCUT2D eigenvalue weighted by atomic mass is 32.1. The summed E-state index contributed by atoms with van der Waals surface area (Å²) in [6, 6.07) is 12.1. The van der Waals surface area contributed by atoms with Crippen molar-refractivity contribution in [3.63, 3.8) is 0 Å². The number of aromatic nitrogens is 2. The minimum absolute atomic E-state index is 1.06. The molecule has 0 aliphatic heterocycles. The van der Waals surface area contributed by atoms with Crippen molar-refractivity contribution in [2.24, 2.45) is 7.05 Å². The van der Waals surface area contributed by atoms with Gasteiger partial charge in [-0.3, -0.25) is 4.98 Å². The summed E-state index contributed by atoms with van der Waals surface area (Å²) in [4.78, 5) is 4.18. The fraction of sp³-hybridized carbons (Fsp3) is 0.0769. The molecule has 3 rings (SSSR count). The van der Waals surface area contributed by atoms with Crippen molar-refractivity contribution in [3.8, 4) is 0 Å². The normalized spacial score (nSPS) is 9.56. The second kappa shape index (κ2) is 5.37. The van der Waals surface area contributed by atoms with Crippen molar-refractivity contribution in [1.29, 1.82) is 0 Å². The summed E-state index contributed by atoms with van der Waals surface area (Å²) < 4.78 is 2.02. The molecule has 1 aromatic carbocycles. The third kappa shape index (κ3) is 2.87. The minimum Gasteiger partial charge on any atom is -0.256 e. The number of rotatable bonds is 0. The van der Waals surface area contributed by atoms with E-state index >= 15 is 0 Å². The summed E-state index contributed by atoms with van der Waals surface area (Å²) in [6.45, 7) is 0. The van der Waals surface area contributed by atoms with Gasteiger partial charge in [0.05, 0.1) is 10.9 Å². The van der Waals surface area contributed by atoms with Gasteiger partial charge < -0.3 is 0 Å². The molecular formula is C13H13N2S+. The van der Waals surface area contributed by atoms with Crippen LogP contribution in [0.4, 0.5) is 0 Å². The van der Waals surface area contributed by atoms with Crippen LogP contribution in [0.1, 0.15) is 0 Å². The molecule has 3 heteroatoms. The maximum Gasteiger partial charge on any atom is 0.224 e. The van der Waals surface area contributed by atoms with Crippen molar-refractivity contribution in [3.05, 3.63) is 59.7 Å². The number of aryl methyl sites for hydroxylation is 1. The molecule has 16 heavy (non-hydrogen) atoms. The SMILES string of the molecule is C[n+]1ccsc1.c1ccc2ncccc2c1. The molecule has 0 radical (unpaired) electrons. The number of nitrogens with zero attached hydrogens (tertiary/aromatic N) is 2. The van der Waals surface area contributed by atoms with Crippen molar-refractivity contribution in [1.82, 2.24) is 4.98 Å². The predicted octanol–water partition coefficient (Wildman–Crippen LogP) is 2.81. The third-order valence-electron chi connectivity index (χ3n) is 2.11. The van der Waals surface area contributed by atoms with Crippen molar-refractivity contribution in [2.45, 2.75) is 0 Å². The van der Waals surface area contributed by atoms with Crippen molar-refractivity contribution >= 4 is 22.2 Å². The smallest absolute Gasteiger partial charge is 0.224 e. The molecule has 3 aromatic rings. The van der Waals surface area contributed by atoms with Gasteiger partial charge in [-0.15, -0.1) is 0 Å². The Morgan fingerprint density at radius 3 is 2.56 bits per heavy atom. The highest BCUT2D eigenvalue weighted by molar-refractivity contribution is 7.07. The number of para-hydroxylation sites is 1. The van der Waals surface area contributed by atoms with Crippen molar-refractivity contribution < 1.29 is 4.57 Å². The van der Waals surface area contributed by atoms with Gasteiger partial charge in [-0.2, -0.15) is 4.57 Å². The Morgan fingerprint density at radius 1 is 1.12 bits per heavy atom. The van der Waals surface area contributed by atoms with Crippen LogP contribution in [0.15, 0.2) is 59.7 Å². The zero-order valence-electron chi connectivity index (χ0n) is 9.08. The van der Waals surface area contributed by atoms with Crippen LogP contribution in [-0.2, 0) is 7.05 Å². The van der Waals surface area contributed by atoms with Crippen molar-refractivity contribution in [2.75, 3.05) is 0 Å². The summed E-state index contributed by atoms with van der Waals surface area (Å²) in [5, 5.41) is 3.24. The van der Waals surface area contributed by atoms with E-state index in [4.69, 9.17) is 0 Å². The quantitative estimate of drug-likeness (QED) is 0.542. The lowest BCUT2D eigenvalue weighted by molar-refractivity contribution is -0.666. The monoisotopic (exact) mass is 229 g/mol. The number of pyridine rings is 1. The summed E-state index contributed by atoms with van der Waals surface area (Å²) in [6.07, 6.45) is 3.83. The summed E-state index contributed by atoms with van der Waals surface area (Å²) >= 11 is 1.70. The molecule has 0 amide bonds. The molecule has 0 fully saturated rings. The molecule has 2 heterocycles. The zero-order valence-corrected chi connectivity index (χ0v) is 9.89. The second-order valence-electron chi connectivity index (χ2n) is 3.39. The van der Waals surface area contributed by atoms with Gasteiger partial charge in [0, 0.05) is 11.6 Å². The summed E-state index contributed by atoms with van der Waals surface area (Å²) in [5.41, 5.74) is 3.10. The van der Waals surface area contributed by atoms with E-state index < -0.39 is 0 Å². The zero-order chi connectivity index (χ0) is 11.2. The molecule has 2 aromatic heterocycles. The van der Waals surface area contributed by atoms with Gasteiger partial charge in [0.15, 0.2) is 6.20 Å². The van der Waals surface area contributed by atoms with Crippen LogP contribution >= 0.6 is 11.3 Å². The Bertz CT molecular complexity index is 481. The van der Waals surface area contributed by atoms with E-state index in [0.717, 1.165) is 5.52 Å². The summed E-state index contributed by atoms with van der Waals surface area (Å²) in [7, 11) is 2.01. The van der Waals surface area contributed by atoms with E-state index in [2.05, 4.69) is 17.1 Å². The van der Waals surface area contributed by atoms with E-state index in [0.29, 0.717) is 0 Å². The highest BCUT2D eigenvalue weighted by Gasteiger charge is 1.86. The molecule has 0 aliphatic rings. The van der Waals surface area contributed by atoms with Gasteiger partial charge in [0.25, 0.3) is 0 Å². The fourth-order valence-corrected chi connectivity index (χ4v) is 1.91. The molecule has 0 saturated carbocycles. The van der Waals surface area contributed by atoms with E-state index in [1.807, 2.05) is 59.2 Å². The topological polar surface area (TPSA) is 16.8 Å². The molecule has 80 valence electrons. The van der Waals surface area contributed by atoms with Gasteiger partial charge >= 0.3 is 0 Å². The van der Waals surface area contributed by atoms with Gasteiger partial charge in [0.1, 0.15) is 7.05 Å². The van der Waals surface area contributed by atoms with Gasteiger partial charge in [0.2, 0.25) is 5.51 Å². The Kier molecular flexibility index (Phi) is 3.62. The van der Waals surface area contributed by atoms with Crippen LogP contribution in [0.3, 0.4) is 0 Å². The first kappa shape index (κ1) is 10.8. The lowest BCUT2D eigenvalue weighted by Crippen LogP contribution is -2.21. The lowest BCUT2D eigenvalue weighted by Gasteiger charge is -1.91. The van der Waals surface area contributed by atoms with E-state index in [1.165, 1.54) is 5.39 Å². The molecular weight excluding hydrogens is 216 g/mol.